The largest absolute Gasteiger partial charge is 0.289 e. The maximum atomic E-state index is 12.5. The third kappa shape index (κ3) is 4.30. The van der Waals surface area contributed by atoms with E-state index in [1.807, 2.05) is 30.3 Å². The molecule has 0 saturated carbocycles. The third-order valence-corrected chi connectivity index (χ3v) is 4.13. The van der Waals surface area contributed by atoms with E-state index < -0.39 is 10.0 Å². The molecule has 0 unspecified atom stereocenters. The van der Waals surface area contributed by atoms with E-state index in [1.165, 1.54) is 6.08 Å². The first-order valence-electron chi connectivity index (χ1n) is 7.56. The van der Waals surface area contributed by atoms with Crippen molar-refractivity contribution in [1.29, 1.82) is 0 Å². The Bertz CT molecular complexity index is 1070. The van der Waals surface area contributed by atoms with Gasteiger partial charge in [0.25, 0.3) is 0 Å². The molecule has 0 aliphatic carbocycles. The molecule has 1 heterocycles. The van der Waals surface area contributed by atoms with Crippen LogP contribution >= 0.6 is 0 Å². The lowest BCUT2D eigenvalue weighted by atomic mass is 10.1. The quantitative estimate of drug-likeness (QED) is 0.563. The number of rotatable bonds is 5. The molecule has 0 aliphatic rings. The molecule has 0 atom stereocenters. The van der Waals surface area contributed by atoms with Crippen molar-refractivity contribution >= 4 is 38.5 Å². The van der Waals surface area contributed by atoms with Crippen LogP contribution in [-0.2, 0) is 10.0 Å². The van der Waals surface area contributed by atoms with Crippen molar-refractivity contribution in [3.8, 4) is 0 Å². The van der Waals surface area contributed by atoms with E-state index >= 15 is 0 Å². The van der Waals surface area contributed by atoms with Gasteiger partial charge in [-0.15, -0.1) is 0 Å². The number of ketones is 1. The lowest BCUT2D eigenvalue weighted by Crippen LogP contribution is -2.12. The van der Waals surface area contributed by atoms with Gasteiger partial charge in [0, 0.05) is 17.1 Å². The zero-order valence-corrected chi connectivity index (χ0v) is 14.3. The summed E-state index contributed by atoms with van der Waals surface area (Å²) in [5.41, 5.74) is 2.31. The van der Waals surface area contributed by atoms with E-state index in [1.54, 1.807) is 36.5 Å². The molecule has 3 rings (SSSR count). The van der Waals surface area contributed by atoms with Crippen LogP contribution in [0.15, 0.2) is 66.9 Å². The first-order chi connectivity index (χ1) is 11.9. The maximum Gasteiger partial charge on any atom is 0.229 e. The molecule has 0 aliphatic heterocycles. The summed E-state index contributed by atoms with van der Waals surface area (Å²) in [6.45, 7) is 0. The Morgan fingerprint density at radius 1 is 1.08 bits per heavy atom. The van der Waals surface area contributed by atoms with Crippen LogP contribution in [0.2, 0.25) is 0 Å². The number of aromatic nitrogens is 1. The minimum atomic E-state index is -3.46. The summed E-state index contributed by atoms with van der Waals surface area (Å²) in [4.78, 5) is 16.7. The highest BCUT2D eigenvalue weighted by Gasteiger charge is 2.11. The average Bonchev–Trinajstić information content (AvgIpc) is 2.58. The van der Waals surface area contributed by atoms with Gasteiger partial charge in [-0.2, -0.15) is 0 Å². The van der Waals surface area contributed by atoms with Gasteiger partial charge >= 0.3 is 0 Å². The van der Waals surface area contributed by atoms with Crippen molar-refractivity contribution in [1.82, 2.24) is 4.98 Å². The number of fused-ring (bicyclic) bond motifs is 1. The van der Waals surface area contributed by atoms with E-state index in [0.29, 0.717) is 5.56 Å². The van der Waals surface area contributed by atoms with E-state index in [-0.39, 0.29) is 11.5 Å². The summed E-state index contributed by atoms with van der Waals surface area (Å²) in [5.74, 6) is -0.280. The molecule has 0 saturated heterocycles. The van der Waals surface area contributed by atoms with Crippen LogP contribution in [0.5, 0.6) is 0 Å². The predicted molar refractivity (Wildman–Crippen MR) is 100 cm³/mol. The van der Waals surface area contributed by atoms with Crippen molar-refractivity contribution < 1.29 is 13.2 Å². The molecule has 6 heteroatoms. The SMILES string of the molecule is CS(=O)(=O)Nc1ccccc1C(=O)/C=C\c1ccc2ncccc2c1. The number of hydrogen-bond acceptors (Lipinski definition) is 4. The average molecular weight is 352 g/mol. The van der Waals surface area contributed by atoms with Crippen molar-refractivity contribution in [2.24, 2.45) is 0 Å². The van der Waals surface area contributed by atoms with Crippen molar-refractivity contribution in [3.63, 3.8) is 0 Å². The van der Waals surface area contributed by atoms with E-state index in [4.69, 9.17) is 0 Å². The Balaban J connectivity index is 1.87. The Morgan fingerprint density at radius 3 is 2.68 bits per heavy atom. The smallest absolute Gasteiger partial charge is 0.229 e. The molecule has 1 aromatic heterocycles. The number of allylic oxidation sites excluding steroid dienone is 1. The second-order valence-electron chi connectivity index (χ2n) is 5.57. The lowest BCUT2D eigenvalue weighted by Gasteiger charge is -2.08. The van der Waals surface area contributed by atoms with Crippen molar-refractivity contribution in [2.75, 3.05) is 11.0 Å². The number of benzene rings is 2. The number of pyridine rings is 1. The van der Waals surface area contributed by atoms with Crippen LogP contribution in [0.4, 0.5) is 5.69 Å². The lowest BCUT2D eigenvalue weighted by molar-refractivity contribution is 0.104. The highest BCUT2D eigenvalue weighted by Crippen LogP contribution is 2.19. The van der Waals surface area contributed by atoms with Gasteiger partial charge in [-0.25, -0.2) is 8.42 Å². The van der Waals surface area contributed by atoms with Crippen LogP contribution in [0, 0.1) is 0 Å². The Morgan fingerprint density at radius 2 is 1.88 bits per heavy atom. The molecule has 1 N–H and O–H groups in total. The summed E-state index contributed by atoms with van der Waals surface area (Å²) < 4.78 is 25.2. The first kappa shape index (κ1) is 16.9. The number of sulfonamides is 1. The Kier molecular flexibility index (Phi) is 4.63. The molecule has 0 radical (unpaired) electrons. The molecular formula is C19H16N2O3S. The maximum absolute atomic E-state index is 12.5. The number of para-hydroxylation sites is 1. The fourth-order valence-electron chi connectivity index (χ4n) is 2.45. The highest BCUT2D eigenvalue weighted by molar-refractivity contribution is 7.92. The number of anilines is 1. The van der Waals surface area contributed by atoms with Gasteiger partial charge in [0.2, 0.25) is 10.0 Å². The van der Waals surface area contributed by atoms with Gasteiger partial charge in [-0.05, 0) is 42.0 Å². The normalized spacial score (nSPS) is 11.7. The molecule has 0 spiro atoms. The minimum Gasteiger partial charge on any atom is -0.289 e. The third-order valence-electron chi connectivity index (χ3n) is 3.54. The number of carbonyl (C=O) groups is 1. The molecule has 126 valence electrons. The topological polar surface area (TPSA) is 76.1 Å². The summed E-state index contributed by atoms with van der Waals surface area (Å²) >= 11 is 0. The fourth-order valence-corrected chi connectivity index (χ4v) is 3.02. The monoisotopic (exact) mass is 352 g/mol. The van der Waals surface area contributed by atoms with Gasteiger partial charge in [0.15, 0.2) is 5.78 Å². The van der Waals surface area contributed by atoms with Crippen LogP contribution in [0.1, 0.15) is 15.9 Å². The van der Waals surface area contributed by atoms with Crippen LogP contribution in [0.3, 0.4) is 0 Å². The molecule has 25 heavy (non-hydrogen) atoms. The zero-order valence-electron chi connectivity index (χ0n) is 13.5. The molecular weight excluding hydrogens is 336 g/mol. The second-order valence-corrected chi connectivity index (χ2v) is 7.32. The molecule has 3 aromatic rings. The summed E-state index contributed by atoms with van der Waals surface area (Å²) in [6.07, 6.45) is 5.91. The highest BCUT2D eigenvalue weighted by atomic mass is 32.2. The Labute approximate surface area is 146 Å². The zero-order chi connectivity index (χ0) is 17.9. The Hall–Kier alpha value is -2.99. The van der Waals surface area contributed by atoms with E-state index in [0.717, 1.165) is 22.7 Å². The first-order valence-corrected chi connectivity index (χ1v) is 9.45. The van der Waals surface area contributed by atoms with Crippen LogP contribution in [0.25, 0.3) is 17.0 Å². The standard InChI is InChI=1S/C19H16N2O3S/c1-25(23,24)21-18-7-3-2-6-16(18)19(22)11-9-14-8-10-17-15(13-14)5-4-12-20-17/h2-13,21H,1H3/b11-9-. The van der Waals surface area contributed by atoms with Gasteiger partial charge in [-0.1, -0.05) is 30.3 Å². The number of nitrogens with zero attached hydrogens (tertiary/aromatic N) is 1. The molecule has 0 bridgehead atoms. The van der Waals surface area contributed by atoms with Crippen LogP contribution in [-0.4, -0.2) is 25.4 Å². The van der Waals surface area contributed by atoms with Gasteiger partial charge in [0.05, 0.1) is 17.5 Å². The van der Waals surface area contributed by atoms with Gasteiger partial charge < -0.3 is 0 Å². The number of nitrogens with one attached hydrogen (secondary N) is 1. The van der Waals surface area contributed by atoms with Crippen LogP contribution < -0.4 is 4.72 Å². The molecule has 2 aromatic carbocycles. The summed E-state index contributed by atoms with van der Waals surface area (Å²) in [6, 6.07) is 16.0. The molecule has 0 amide bonds. The van der Waals surface area contributed by atoms with Gasteiger partial charge in [0.1, 0.15) is 0 Å². The molecule has 0 fully saturated rings. The summed E-state index contributed by atoms with van der Waals surface area (Å²) in [5, 5.41) is 0.983. The van der Waals surface area contributed by atoms with E-state index in [2.05, 4.69) is 9.71 Å². The van der Waals surface area contributed by atoms with Crippen molar-refractivity contribution in [2.45, 2.75) is 0 Å². The van der Waals surface area contributed by atoms with Gasteiger partial charge in [-0.3, -0.25) is 14.5 Å². The fraction of sp³-hybridized carbons (Fsp3) is 0.0526. The van der Waals surface area contributed by atoms with E-state index in [9.17, 15) is 13.2 Å². The minimum absolute atomic E-state index is 0.266. The molecule has 5 nitrogen and oxygen atoms in total. The predicted octanol–water partition coefficient (Wildman–Crippen LogP) is 3.50. The van der Waals surface area contributed by atoms with Crippen molar-refractivity contribution in [3.05, 3.63) is 78.0 Å². The number of carbonyl (C=O) groups excluding carboxylic acids is 1. The summed E-state index contributed by atoms with van der Waals surface area (Å²) in [7, 11) is -3.46. The second kappa shape index (κ2) is 6.86. The number of hydrogen-bond donors (Lipinski definition) is 1.